The standard InChI is InChI=1S/C23H29ClN2O5S/c1-30-19-9-7-17(21(16-19)31-2)11-12-25-23(27)18-8-10-20(24)22(15-18)32(28,29)26-13-5-3-4-6-14-26/h7-10,15-16H,3-6,11-14H2,1-2H3,(H,25,27). The summed E-state index contributed by atoms with van der Waals surface area (Å²) in [6, 6.07) is 9.87. The van der Waals surface area contributed by atoms with Gasteiger partial charge in [-0.3, -0.25) is 4.79 Å². The zero-order chi connectivity index (χ0) is 23.1. The summed E-state index contributed by atoms with van der Waals surface area (Å²) in [6.07, 6.45) is 4.23. The van der Waals surface area contributed by atoms with Crippen LogP contribution in [0.1, 0.15) is 41.6 Å². The number of hydrogen-bond donors (Lipinski definition) is 1. The highest BCUT2D eigenvalue weighted by molar-refractivity contribution is 7.89. The molecule has 0 bridgehead atoms. The van der Waals surface area contributed by atoms with Crippen molar-refractivity contribution < 1.29 is 22.7 Å². The Labute approximate surface area is 194 Å². The monoisotopic (exact) mass is 480 g/mol. The van der Waals surface area contributed by atoms with E-state index < -0.39 is 10.0 Å². The molecule has 1 N–H and O–H groups in total. The van der Waals surface area contributed by atoms with Gasteiger partial charge in [-0.2, -0.15) is 4.31 Å². The van der Waals surface area contributed by atoms with Crippen molar-refractivity contribution in [2.24, 2.45) is 0 Å². The summed E-state index contributed by atoms with van der Waals surface area (Å²) in [5.41, 5.74) is 1.18. The highest BCUT2D eigenvalue weighted by atomic mass is 35.5. The van der Waals surface area contributed by atoms with Gasteiger partial charge < -0.3 is 14.8 Å². The zero-order valence-corrected chi connectivity index (χ0v) is 20.0. The molecule has 0 aliphatic carbocycles. The number of hydrogen-bond acceptors (Lipinski definition) is 5. The fraction of sp³-hybridized carbons (Fsp3) is 0.435. The Morgan fingerprint density at radius 2 is 1.75 bits per heavy atom. The molecule has 174 valence electrons. The molecule has 1 aliphatic rings. The van der Waals surface area contributed by atoms with Crippen molar-refractivity contribution in [3.8, 4) is 11.5 Å². The third-order valence-corrected chi connectivity index (χ3v) is 7.93. The third kappa shape index (κ3) is 5.74. The lowest BCUT2D eigenvalue weighted by atomic mass is 10.1. The fourth-order valence-electron chi connectivity index (χ4n) is 3.73. The quantitative estimate of drug-likeness (QED) is 0.619. The molecule has 1 aliphatic heterocycles. The number of ether oxygens (including phenoxy) is 2. The molecule has 0 aromatic heterocycles. The molecule has 0 atom stereocenters. The number of nitrogens with one attached hydrogen (secondary N) is 1. The Balaban J connectivity index is 1.70. The van der Waals surface area contributed by atoms with Crippen molar-refractivity contribution in [2.75, 3.05) is 33.9 Å². The van der Waals surface area contributed by atoms with Crippen molar-refractivity contribution >= 4 is 27.5 Å². The van der Waals surface area contributed by atoms with E-state index >= 15 is 0 Å². The Kier molecular flexibility index (Phi) is 8.39. The second-order valence-electron chi connectivity index (χ2n) is 7.65. The maximum absolute atomic E-state index is 13.1. The first kappa shape index (κ1) is 24.4. The van der Waals surface area contributed by atoms with E-state index in [1.807, 2.05) is 12.1 Å². The molecule has 0 saturated carbocycles. The Hall–Kier alpha value is -2.29. The number of methoxy groups -OCH3 is 2. The fourth-order valence-corrected chi connectivity index (χ4v) is 5.75. The lowest BCUT2D eigenvalue weighted by Crippen LogP contribution is -2.32. The minimum absolute atomic E-state index is 0.0226. The number of halogens is 1. The van der Waals surface area contributed by atoms with Crippen LogP contribution in [-0.2, 0) is 16.4 Å². The predicted octanol–water partition coefficient (Wildman–Crippen LogP) is 3.89. The van der Waals surface area contributed by atoms with Gasteiger partial charge in [-0.15, -0.1) is 0 Å². The predicted molar refractivity (Wildman–Crippen MR) is 124 cm³/mol. The highest BCUT2D eigenvalue weighted by Crippen LogP contribution is 2.28. The number of benzene rings is 2. The summed E-state index contributed by atoms with van der Waals surface area (Å²) in [4.78, 5) is 12.7. The Morgan fingerprint density at radius 1 is 1.03 bits per heavy atom. The van der Waals surface area contributed by atoms with Gasteiger partial charge in [0.1, 0.15) is 16.4 Å². The molecule has 1 fully saturated rings. The number of carbonyl (C=O) groups excluding carboxylic acids is 1. The van der Waals surface area contributed by atoms with E-state index in [2.05, 4.69) is 5.32 Å². The summed E-state index contributed by atoms with van der Waals surface area (Å²) in [7, 11) is -0.593. The smallest absolute Gasteiger partial charge is 0.251 e. The van der Waals surface area contributed by atoms with Crippen LogP contribution < -0.4 is 14.8 Å². The van der Waals surface area contributed by atoms with Crippen LogP contribution >= 0.6 is 11.6 Å². The van der Waals surface area contributed by atoms with Gasteiger partial charge in [0, 0.05) is 31.3 Å². The lowest BCUT2D eigenvalue weighted by molar-refractivity contribution is 0.0954. The van der Waals surface area contributed by atoms with Gasteiger partial charge in [-0.25, -0.2) is 8.42 Å². The summed E-state index contributed by atoms with van der Waals surface area (Å²) in [5.74, 6) is 1.01. The average Bonchev–Trinajstić information content (AvgIpc) is 3.09. The van der Waals surface area contributed by atoms with Crippen molar-refractivity contribution in [2.45, 2.75) is 37.0 Å². The number of rotatable bonds is 8. The van der Waals surface area contributed by atoms with E-state index in [1.54, 1.807) is 20.3 Å². The summed E-state index contributed by atoms with van der Waals surface area (Å²) < 4.78 is 38.3. The van der Waals surface area contributed by atoms with Crippen LogP contribution in [0, 0.1) is 0 Å². The largest absolute Gasteiger partial charge is 0.497 e. The second-order valence-corrected chi connectivity index (χ2v) is 9.96. The van der Waals surface area contributed by atoms with Crippen LogP contribution in [0.5, 0.6) is 11.5 Å². The van der Waals surface area contributed by atoms with Crippen LogP contribution in [0.15, 0.2) is 41.3 Å². The maximum Gasteiger partial charge on any atom is 0.251 e. The van der Waals surface area contributed by atoms with E-state index in [0.29, 0.717) is 37.6 Å². The first-order valence-corrected chi connectivity index (χ1v) is 12.5. The molecular weight excluding hydrogens is 452 g/mol. The van der Waals surface area contributed by atoms with Gasteiger partial charge >= 0.3 is 0 Å². The summed E-state index contributed by atoms with van der Waals surface area (Å²) >= 11 is 6.23. The highest BCUT2D eigenvalue weighted by Gasteiger charge is 2.28. The molecule has 0 spiro atoms. The number of amides is 1. The molecule has 9 heteroatoms. The average molecular weight is 481 g/mol. The third-order valence-electron chi connectivity index (χ3n) is 5.55. The molecule has 0 unspecified atom stereocenters. The van der Waals surface area contributed by atoms with Crippen molar-refractivity contribution in [1.29, 1.82) is 0 Å². The van der Waals surface area contributed by atoms with Crippen molar-refractivity contribution in [3.05, 3.63) is 52.5 Å². The molecule has 1 saturated heterocycles. The normalized spacial score (nSPS) is 15.1. The van der Waals surface area contributed by atoms with Crippen LogP contribution in [-0.4, -0.2) is 52.5 Å². The minimum Gasteiger partial charge on any atom is -0.497 e. The zero-order valence-electron chi connectivity index (χ0n) is 18.4. The van der Waals surface area contributed by atoms with Gasteiger partial charge in [0.15, 0.2) is 0 Å². The van der Waals surface area contributed by atoms with Crippen LogP contribution in [0.3, 0.4) is 0 Å². The molecule has 2 aromatic rings. The SMILES string of the molecule is COc1ccc(CCNC(=O)c2ccc(Cl)c(S(=O)(=O)N3CCCCCC3)c2)c(OC)c1. The van der Waals surface area contributed by atoms with Gasteiger partial charge in [0.25, 0.3) is 5.91 Å². The van der Waals surface area contributed by atoms with Gasteiger partial charge in [0.05, 0.1) is 19.2 Å². The topological polar surface area (TPSA) is 84.9 Å². The lowest BCUT2D eigenvalue weighted by Gasteiger charge is -2.21. The van der Waals surface area contributed by atoms with Crippen molar-refractivity contribution in [3.63, 3.8) is 0 Å². The Morgan fingerprint density at radius 3 is 2.41 bits per heavy atom. The van der Waals surface area contributed by atoms with E-state index in [1.165, 1.54) is 22.5 Å². The minimum atomic E-state index is -3.76. The molecule has 1 heterocycles. The summed E-state index contributed by atoms with van der Waals surface area (Å²) in [6.45, 7) is 1.30. The van der Waals surface area contributed by atoms with Gasteiger partial charge in [0.2, 0.25) is 10.0 Å². The van der Waals surface area contributed by atoms with Gasteiger partial charge in [-0.1, -0.05) is 30.5 Å². The molecule has 32 heavy (non-hydrogen) atoms. The molecule has 2 aromatic carbocycles. The molecule has 0 radical (unpaired) electrons. The first-order chi connectivity index (χ1) is 15.4. The van der Waals surface area contributed by atoms with E-state index in [0.717, 1.165) is 31.2 Å². The number of sulfonamides is 1. The van der Waals surface area contributed by atoms with E-state index in [-0.39, 0.29) is 21.4 Å². The Bertz CT molecular complexity index is 1050. The number of nitrogens with zero attached hydrogens (tertiary/aromatic N) is 1. The van der Waals surface area contributed by atoms with E-state index in [9.17, 15) is 13.2 Å². The van der Waals surface area contributed by atoms with E-state index in [4.69, 9.17) is 21.1 Å². The molecule has 1 amide bonds. The molecule has 3 rings (SSSR count). The first-order valence-electron chi connectivity index (χ1n) is 10.7. The van der Waals surface area contributed by atoms with Crippen LogP contribution in [0.25, 0.3) is 0 Å². The number of carbonyl (C=O) groups is 1. The molecule has 7 nitrogen and oxygen atoms in total. The maximum atomic E-state index is 13.1. The van der Waals surface area contributed by atoms with Crippen LogP contribution in [0.4, 0.5) is 0 Å². The van der Waals surface area contributed by atoms with Crippen molar-refractivity contribution in [1.82, 2.24) is 9.62 Å². The summed E-state index contributed by atoms with van der Waals surface area (Å²) in [5, 5.41) is 2.96. The second kappa shape index (κ2) is 11.0. The molecular formula is C23H29ClN2O5S. The van der Waals surface area contributed by atoms with Crippen LogP contribution in [0.2, 0.25) is 5.02 Å². The van der Waals surface area contributed by atoms with Gasteiger partial charge in [-0.05, 0) is 49.1 Å².